The number of halogens is 1. The number of nitrogens with zero attached hydrogens (tertiary/aromatic N) is 1. The van der Waals surface area contributed by atoms with E-state index in [1.807, 2.05) is 0 Å². The zero-order chi connectivity index (χ0) is 7.72. The highest BCUT2D eigenvalue weighted by molar-refractivity contribution is 7.96. The molecule has 3 nitrogen and oxygen atoms in total. The molecule has 1 rings (SSSR count). The number of aliphatic hydroxyl groups excluding tert-OH is 1. The summed E-state index contributed by atoms with van der Waals surface area (Å²) in [5, 5.41) is 8.33. The van der Waals surface area contributed by atoms with Crippen LogP contribution in [0.3, 0.4) is 0 Å². The average molecular weight is 165 g/mol. The third kappa shape index (κ3) is 1.41. The van der Waals surface area contributed by atoms with Crippen molar-refractivity contribution in [2.45, 2.75) is 12.3 Å². The molecule has 58 valence electrons. The number of hydrogen-bond donors (Lipinski definition) is 2. The van der Waals surface area contributed by atoms with Gasteiger partial charge in [0.2, 0.25) is 0 Å². The highest BCUT2D eigenvalue weighted by Crippen LogP contribution is 2.14. The fourth-order valence-electron chi connectivity index (χ4n) is 0.903. The maximum atomic E-state index is 12.4. The fourth-order valence-corrected chi connectivity index (χ4v) is 1.07. The van der Waals surface area contributed by atoms with Crippen molar-refractivity contribution in [2.24, 2.45) is 0 Å². The van der Waals surface area contributed by atoms with Gasteiger partial charge < -0.3 is 10.0 Å². The molecular formula is C5H8FNO2S. The summed E-state index contributed by atoms with van der Waals surface area (Å²) in [6.07, 6.45) is -2.34. The first kappa shape index (κ1) is 7.81. The first-order valence-corrected chi connectivity index (χ1v) is 3.36. The quantitative estimate of drug-likeness (QED) is 0.498. The summed E-state index contributed by atoms with van der Waals surface area (Å²) < 4.78 is 12.4. The summed E-state index contributed by atoms with van der Waals surface area (Å²) in [5.41, 5.74) is 0. The average Bonchev–Trinajstić information content (AvgIpc) is 2.13. The standard InChI is InChI=1S/C5H8FNO2S/c6-3-1-7(5(9)10)2-4(3)8/h3-4,8H,1-2H2,(H,9,10)/t3-,4-/m0/s1. The summed E-state index contributed by atoms with van der Waals surface area (Å²) in [7, 11) is 0. The Hall–Kier alpha value is -0.290. The van der Waals surface area contributed by atoms with Gasteiger partial charge in [0, 0.05) is 0 Å². The van der Waals surface area contributed by atoms with Crippen LogP contribution in [0.2, 0.25) is 0 Å². The predicted octanol–water partition coefficient (Wildman–Crippen LogP) is 0.0508. The minimum Gasteiger partial charge on any atom is -0.388 e. The lowest BCUT2D eigenvalue weighted by atomic mass is 10.3. The second-order valence-corrected chi connectivity index (χ2v) is 2.65. The molecule has 0 aromatic rings. The maximum absolute atomic E-state index is 12.4. The Bertz CT molecular complexity index is 145. The number of likely N-dealkylation sites (tertiary alicyclic amines) is 1. The van der Waals surface area contributed by atoms with Gasteiger partial charge >= 0.3 is 0 Å². The molecule has 2 atom stereocenters. The van der Waals surface area contributed by atoms with Gasteiger partial charge in [0.1, 0.15) is 12.3 Å². The Morgan fingerprint density at radius 1 is 1.70 bits per heavy atom. The van der Waals surface area contributed by atoms with Crippen molar-refractivity contribution in [2.75, 3.05) is 13.1 Å². The van der Waals surface area contributed by atoms with Gasteiger partial charge in [-0.2, -0.15) is 0 Å². The lowest BCUT2D eigenvalue weighted by Crippen LogP contribution is -2.24. The molecule has 1 aliphatic heterocycles. The van der Waals surface area contributed by atoms with E-state index in [0.717, 1.165) is 0 Å². The summed E-state index contributed by atoms with van der Waals surface area (Å²) in [5.74, 6) is 0. The van der Waals surface area contributed by atoms with Gasteiger partial charge in [0.05, 0.1) is 13.1 Å². The van der Waals surface area contributed by atoms with Crippen molar-refractivity contribution in [3.05, 3.63) is 0 Å². The molecule has 1 amide bonds. The van der Waals surface area contributed by atoms with Crippen molar-refractivity contribution in [3.63, 3.8) is 0 Å². The number of carbonyl (C=O) groups excluding carboxylic acids is 1. The molecular weight excluding hydrogens is 157 g/mol. The van der Waals surface area contributed by atoms with E-state index in [1.54, 1.807) is 0 Å². The number of amides is 1. The third-order valence-electron chi connectivity index (χ3n) is 1.49. The van der Waals surface area contributed by atoms with Gasteiger partial charge in [-0.25, -0.2) is 4.39 Å². The van der Waals surface area contributed by atoms with Crippen LogP contribution in [0.5, 0.6) is 0 Å². The number of thiol groups is 1. The van der Waals surface area contributed by atoms with Crippen LogP contribution >= 0.6 is 12.6 Å². The highest BCUT2D eigenvalue weighted by atomic mass is 32.1. The maximum Gasteiger partial charge on any atom is 0.278 e. The Kier molecular flexibility index (Phi) is 2.15. The first-order chi connectivity index (χ1) is 4.61. The second-order valence-electron chi connectivity index (χ2n) is 2.27. The summed E-state index contributed by atoms with van der Waals surface area (Å²) >= 11 is 3.48. The molecule has 1 heterocycles. The lowest BCUT2D eigenvalue weighted by Gasteiger charge is -2.09. The smallest absolute Gasteiger partial charge is 0.278 e. The monoisotopic (exact) mass is 165 g/mol. The van der Waals surface area contributed by atoms with Crippen LogP contribution in [0.25, 0.3) is 0 Å². The van der Waals surface area contributed by atoms with Crippen LogP contribution < -0.4 is 0 Å². The largest absolute Gasteiger partial charge is 0.388 e. The number of carbonyl (C=O) groups is 1. The molecule has 10 heavy (non-hydrogen) atoms. The Labute approximate surface area is 63.2 Å². The van der Waals surface area contributed by atoms with Gasteiger partial charge in [0.15, 0.2) is 0 Å². The molecule has 5 heteroatoms. The van der Waals surface area contributed by atoms with Crippen LogP contribution in [0, 0.1) is 0 Å². The van der Waals surface area contributed by atoms with E-state index in [2.05, 4.69) is 12.6 Å². The fraction of sp³-hybridized carbons (Fsp3) is 0.800. The minimum atomic E-state index is -1.31. The number of alkyl halides is 1. The second kappa shape index (κ2) is 2.75. The van der Waals surface area contributed by atoms with Gasteiger partial charge in [-0.1, -0.05) is 12.6 Å². The summed E-state index contributed by atoms with van der Waals surface area (Å²) in [6, 6.07) is 0. The zero-order valence-electron chi connectivity index (χ0n) is 5.20. The molecule has 1 saturated heterocycles. The van der Waals surface area contributed by atoms with Crippen LogP contribution in [-0.2, 0) is 0 Å². The van der Waals surface area contributed by atoms with E-state index in [9.17, 15) is 9.18 Å². The number of hydrogen-bond acceptors (Lipinski definition) is 2. The van der Waals surface area contributed by atoms with E-state index in [-0.39, 0.29) is 13.1 Å². The Morgan fingerprint density at radius 3 is 2.50 bits per heavy atom. The van der Waals surface area contributed by atoms with E-state index >= 15 is 0 Å². The normalized spacial score (nSPS) is 32.9. The molecule has 0 saturated carbocycles. The zero-order valence-corrected chi connectivity index (χ0v) is 6.09. The third-order valence-corrected chi connectivity index (χ3v) is 1.77. The van der Waals surface area contributed by atoms with Crippen LogP contribution in [0.4, 0.5) is 9.18 Å². The van der Waals surface area contributed by atoms with E-state index in [1.165, 1.54) is 4.90 Å². The summed E-state index contributed by atoms with van der Waals surface area (Å²) in [6.45, 7) is 0.0208. The van der Waals surface area contributed by atoms with Crippen molar-refractivity contribution in [1.82, 2.24) is 4.90 Å². The molecule has 0 unspecified atom stereocenters. The van der Waals surface area contributed by atoms with Crippen molar-refractivity contribution in [3.8, 4) is 0 Å². The van der Waals surface area contributed by atoms with E-state index in [0.29, 0.717) is 0 Å². The molecule has 0 aromatic carbocycles. The Balaban J connectivity index is 2.49. The number of rotatable bonds is 0. The molecule has 1 N–H and O–H groups in total. The van der Waals surface area contributed by atoms with Crippen LogP contribution in [0.1, 0.15) is 0 Å². The molecule has 0 spiro atoms. The van der Waals surface area contributed by atoms with Crippen molar-refractivity contribution >= 4 is 17.9 Å². The van der Waals surface area contributed by atoms with Gasteiger partial charge in [0.25, 0.3) is 5.24 Å². The van der Waals surface area contributed by atoms with Gasteiger partial charge in [-0.05, 0) is 0 Å². The van der Waals surface area contributed by atoms with E-state index < -0.39 is 17.5 Å². The Morgan fingerprint density at radius 2 is 2.30 bits per heavy atom. The molecule has 1 aliphatic rings. The van der Waals surface area contributed by atoms with Crippen molar-refractivity contribution in [1.29, 1.82) is 0 Å². The van der Waals surface area contributed by atoms with Crippen molar-refractivity contribution < 1.29 is 14.3 Å². The molecule has 0 radical (unpaired) electrons. The van der Waals surface area contributed by atoms with Crippen LogP contribution in [0.15, 0.2) is 0 Å². The SMILES string of the molecule is O=C(S)N1C[C@H](O)[C@@H](F)C1. The van der Waals surface area contributed by atoms with Gasteiger partial charge in [-0.15, -0.1) is 0 Å². The first-order valence-electron chi connectivity index (χ1n) is 2.91. The predicted molar refractivity (Wildman–Crippen MR) is 36.9 cm³/mol. The minimum absolute atomic E-state index is 0.0382. The van der Waals surface area contributed by atoms with E-state index in [4.69, 9.17) is 5.11 Å². The topological polar surface area (TPSA) is 40.5 Å². The van der Waals surface area contributed by atoms with Gasteiger partial charge in [-0.3, -0.25) is 4.79 Å². The lowest BCUT2D eigenvalue weighted by molar-refractivity contribution is 0.116. The highest BCUT2D eigenvalue weighted by Gasteiger charge is 2.32. The molecule has 0 aliphatic carbocycles. The summed E-state index contributed by atoms with van der Waals surface area (Å²) in [4.78, 5) is 11.6. The molecule has 0 bridgehead atoms. The van der Waals surface area contributed by atoms with Crippen LogP contribution in [-0.4, -0.2) is 40.6 Å². The number of β-amino-alcohol motifs (C(OH)–C–C–N with tert-alkyl or cyclic N) is 1. The molecule has 1 fully saturated rings. The molecule has 0 aromatic heterocycles. The number of aliphatic hydroxyl groups is 1.